The predicted molar refractivity (Wildman–Crippen MR) is 90.3 cm³/mol. The molecule has 22 heavy (non-hydrogen) atoms. The zero-order chi connectivity index (χ0) is 15.4. The molecule has 0 saturated carbocycles. The number of carbonyl (C=O) groups is 1. The number of hydrogen-bond acceptors (Lipinski definition) is 3. The van der Waals surface area contributed by atoms with Gasteiger partial charge in [-0.05, 0) is 18.1 Å². The van der Waals surface area contributed by atoms with E-state index in [1.807, 2.05) is 46.3 Å². The molecule has 1 amide bonds. The standard InChI is InChI=1S/C16H14ClN3OS/c17-15-13(20-10-11-22-16(20)19-15)6-7-14(21)18-9-8-12-4-2-1-3-5-12/h1-7,10-11H,8-9H2,(H,18,21)/b7-6-. The van der Waals surface area contributed by atoms with Crippen LogP contribution in [0.1, 0.15) is 11.3 Å². The van der Waals surface area contributed by atoms with Crippen molar-refractivity contribution in [1.29, 1.82) is 0 Å². The molecular weight excluding hydrogens is 318 g/mol. The first-order chi connectivity index (χ1) is 10.7. The van der Waals surface area contributed by atoms with Crippen LogP contribution in [0.2, 0.25) is 5.15 Å². The third-order valence-electron chi connectivity index (χ3n) is 3.20. The lowest BCUT2D eigenvalue weighted by molar-refractivity contribution is -0.116. The van der Waals surface area contributed by atoms with Gasteiger partial charge in [0.2, 0.25) is 5.91 Å². The SMILES string of the molecule is O=C(/C=C\c1c(Cl)nc2sccn12)NCCc1ccccc1. The zero-order valence-electron chi connectivity index (χ0n) is 11.7. The van der Waals surface area contributed by atoms with Crippen LogP contribution in [0.4, 0.5) is 0 Å². The van der Waals surface area contributed by atoms with Crippen molar-refractivity contribution < 1.29 is 4.79 Å². The molecule has 0 atom stereocenters. The molecule has 3 aromatic rings. The van der Waals surface area contributed by atoms with Gasteiger partial charge in [-0.1, -0.05) is 41.9 Å². The summed E-state index contributed by atoms with van der Waals surface area (Å²) in [6, 6.07) is 10.0. The van der Waals surface area contributed by atoms with Crippen molar-refractivity contribution in [3.8, 4) is 0 Å². The number of benzene rings is 1. The van der Waals surface area contributed by atoms with E-state index in [4.69, 9.17) is 11.6 Å². The highest BCUT2D eigenvalue weighted by Gasteiger charge is 2.08. The molecular formula is C16H14ClN3OS. The highest BCUT2D eigenvalue weighted by atomic mass is 35.5. The predicted octanol–water partition coefficient (Wildman–Crippen LogP) is 3.42. The number of nitrogens with zero attached hydrogens (tertiary/aromatic N) is 2. The summed E-state index contributed by atoms with van der Waals surface area (Å²) in [6.45, 7) is 0.598. The van der Waals surface area contributed by atoms with Gasteiger partial charge < -0.3 is 5.32 Å². The van der Waals surface area contributed by atoms with Crippen LogP contribution in [0.5, 0.6) is 0 Å². The van der Waals surface area contributed by atoms with Gasteiger partial charge in [-0.3, -0.25) is 9.20 Å². The third-order valence-corrected chi connectivity index (χ3v) is 4.24. The van der Waals surface area contributed by atoms with Gasteiger partial charge in [0.25, 0.3) is 0 Å². The number of halogens is 1. The number of rotatable bonds is 5. The van der Waals surface area contributed by atoms with E-state index in [1.165, 1.54) is 23.0 Å². The maximum atomic E-state index is 11.8. The normalized spacial score (nSPS) is 11.3. The number of nitrogens with one attached hydrogen (secondary N) is 1. The Labute approximate surface area is 137 Å². The smallest absolute Gasteiger partial charge is 0.244 e. The van der Waals surface area contributed by atoms with Crippen molar-refractivity contribution in [3.05, 3.63) is 64.4 Å². The van der Waals surface area contributed by atoms with Gasteiger partial charge in [0, 0.05) is 24.2 Å². The highest BCUT2D eigenvalue weighted by Crippen LogP contribution is 2.22. The third kappa shape index (κ3) is 3.37. The molecule has 0 saturated heterocycles. The quantitative estimate of drug-likeness (QED) is 0.728. The van der Waals surface area contributed by atoms with E-state index in [0.29, 0.717) is 11.7 Å². The molecule has 0 aliphatic rings. The summed E-state index contributed by atoms with van der Waals surface area (Å²) in [5.74, 6) is -0.142. The van der Waals surface area contributed by atoms with Crippen LogP contribution in [0.15, 0.2) is 48.0 Å². The van der Waals surface area contributed by atoms with Crippen molar-refractivity contribution in [1.82, 2.24) is 14.7 Å². The van der Waals surface area contributed by atoms with Gasteiger partial charge in [0.05, 0.1) is 5.69 Å². The van der Waals surface area contributed by atoms with E-state index in [0.717, 1.165) is 17.1 Å². The Bertz CT molecular complexity index is 807. The monoisotopic (exact) mass is 331 g/mol. The average Bonchev–Trinajstić information content (AvgIpc) is 3.07. The molecule has 0 unspecified atom stereocenters. The molecule has 2 heterocycles. The Balaban J connectivity index is 1.57. The summed E-state index contributed by atoms with van der Waals surface area (Å²) in [5, 5.41) is 5.19. The zero-order valence-corrected chi connectivity index (χ0v) is 13.3. The van der Waals surface area contributed by atoms with Crippen LogP contribution in [0.25, 0.3) is 11.0 Å². The van der Waals surface area contributed by atoms with E-state index in [-0.39, 0.29) is 5.91 Å². The first kappa shape index (κ1) is 14.8. The summed E-state index contributed by atoms with van der Waals surface area (Å²) >= 11 is 7.57. The largest absolute Gasteiger partial charge is 0.352 e. The molecule has 0 aliphatic carbocycles. The molecule has 6 heteroatoms. The van der Waals surface area contributed by atoms with Gasteiger partial charge in [-0.15, -0.1) is 11.3 Å². The molecule has 4 nitrogen and oxygen atoms in total. The van der Waals surface area contributed by atoms with Crippen LogP contribution in [0.3, 0.4) is 0 Å². The number of aromatic nitrogens is 2. The van der Waals surface area contributed by atoms with Crippen molar-refractivity contribution in [2.45, 2.75) is 6.42 Å². The van der Waals surface area contributed by atoms with Gasteiger partial charge in [0.1, 0.15) is 0 Å². The number of amides is 1. The Morgan fingerprint density at radius 2 is 2.18 bits per heavy atom. The minimum Gasteiger partial charge on any atom is -0.352 e. The summed E-state index contributed by atoms with van der Waals surface area (Å²) in [6.07, 6.45) is 5.86. The molecule has 0 aliphatic heterocycles. The van der Waals surface area contributed by atoms with Crippen LogP contribution in [-0.4, -0.2) is 21.8 Å². The Hall–Kier alpha value is -2.11. The molecule has 0 bridgehead atoms. The second-order valence-electron chi connectivity index (χ2n) is 4.70. The second kappa shape index (κ2) is 6.77. The topological polar surface area (TPSA) is 46.4 Å². The van der Waals surface area contributed by atoms with Crippen LogP contribution < -0.4 is 5.32 Å². The van der Waals surface area contributed by atoms with E-state index in [1.54, 1.807) is 6.08 Å². The fourth-order valence-corrected chi connectivity index (χ4v) is 3.12. The molecule has 0 radical (unpaired) electrons. The number of carbonyl (C=O) groups excluding carboxylic acids is 1. The summed E-state index contributed by atoms with van der Waals surface area (Å²) in [5.41, 5.74) is 1.92. The number of hydrogen-bond donors (Lipinski definition) is 1. The first-order valence-corrected chi connectivity index (χ1v) is 8.10. The summed E-state index contributed by atoms with van der Waals surface area (Å²) in [7, 11) is 0. The van der Waals surface area contributed by atoms with Crippen molar-refractivity contribution >= 4 is 39.9 Å². The second-order valence-corrected chi connectivity index (χ2v) is 5.93. The molecule has 3 rings (SSSR count). The maximum Gasteiger partial charge on any atom is 0.244 e. The lowest BCUT2D eigenvalue weighted by Crippen LogP contribution is -2.23. The minimum atomic E-state index is -0.142. The first-order valence-electron chi connectivity index (χ1n) is 6.85. The number of imidazole rings is 1. The fraction of sp³-hybridized carbons (Fsp3) is 0.125. The molecule has 112 valence electrons. The van der Waals surface area contributed by atoms with Gasteiger partial charge in [-0.25, -0.2) is 4.98 Å². The molecule has 1 N–H and O–H groups in total. The van der Waals surface area contributed by atoms with Gasteiger partial charge in [-0.2, -0.15) is 0 Å². The van der Waals surface area contributed by atoms with Crippen LogP contribution in [-0.2, 0) is 11.2 Å². The van der Waals surface area contributed by atoms with E-state index in [9.17, 15) is 4.79 Å². The maximum absolute atomic E-state index is 11.8. The van der Waals surface area contributed by atoms with Crippen molar-refractivity contribution in [2.75, 3.05) is 6.54 Å². The Morgan fingerprint density at radius 1 is 1.36 bits per heavy atom. The van der Waals surface area contributed by atoms with Crippen LogP contribution >= 0.6 is 22.9 Å². The summed E-state index contributed by atoms with van der Waals surface area (Å²) in [4.78, 5) is 16.9. The van der Waals surface area contributed by atoms with Crippen molar-refractivity contribution in [3.63, 3.8) is 0 Å². The molecule has 0 spiro atoms. The summed E-state index contributed by atoms with van der Waals surface area (Å²) < 4.78 is 1.86. The lowest BCUT2D eigenvalue weighted by Gasteiger charge is -2.02. The molecule has 2 aromatic heterocycles. The van der Waals surface area contributed by atoms with E-state index >= 15 is 0 Å². The number of fused-ring (bicyclic) bond motifs is 1. The molecule has 1 aromatic carbocycles. The van der Waals surface area contributed by atoms with Crippen LogP contribution in [0, 0.1) is 0 Å². The van der Waals surface area contributed by atoms with E-state index in [2.05, 4.69) is 10.3 Å². The Kier molecular flexibility index (Phi) is 4.56. The average molecular weight is 332 g/mol. The van der Waals surface area contributed by atoms with Gasteiger partial charge in [0.15, 0.2) is 10.1 Å². The Morgan fingerprint density at radius 3 is 3.00 bits per heavy atom. The minimum absolute atomic E-state index is 0.142. The highest BCUT2D eigenvalue weighted by molar-refractivity contribution is 7.15. The van der Waals surface area contributed by atoms with E-state index < -0.39 is 0 Å². The lowest BCUT2D eigenvalue weighted by atomic mass is 10.1. The fourth-order valence-electron chi connectivity index (χ4n) is 2.11. The van der Waals surface area contributed by atoms with Gasteiger partial charge >= 0.3 is 0 Å². The molecule has 0 fully saturated rings. The number of thiazole rings is 1. The van der Waals surface area contributed by atoms with Crippen molar-refractivity contribution in [2.24, 2.45) is 0 Å².